The molecule has 3 aromatic rings. The van der Waals surface area contributed by atoms with Gasteiger partial charge in [-0.15, -0.1) is 0 Å². The van der Waals surface area contributed by atoms with Gasteiger partial charge in [0.2, 0.25) is 11.8 Å². The molecule has 1 atom stereocenters. The van der Waals surface area contributed by atoms with Crippen LogP contribution in [-0.4, -0.2) is 45.3 Å². The van der Waals surface area contributed by atoms with Gasteiger partial charge >= 0.3 is 0 Å². The molecule has 0 radical (unpaired) electrons. The summed E-state index contributed by atoms with van der Waals surface area (Å²) in [5.41, 5.74) is 3.01. The van der Waals surface area contributed by atoms with E-state index in [1.54, 1.807) is 17.1 Å². The molecule has 0 spiro atoms. The summed E-state index contributed by atoms with van der Waals surface area (Å²) in [6.07, 6.45) is 6.15. The maximum atomic E-state index is 13.6. The molecule has 0 bridgehead atoms. The van der Waals surface area contributed by atoms with E-state index in [4.69, 9.17) is 11.6 Å². The Morgan fingerprint density at radius 2 is 1.68 bits per heavy atom. The lowest BCUT2D eigenvalue weighted by Gasteiger charge is -2.31. The Bertz CT molecular complexity index is 1190. The molecular formula is C31H38ClN3O2. The van der Waals surface area contributed by atoms with Gasteiger partial charge in [0.25, 0.3) is 0 Å². The van der Waals surface area contributed by atoms with Gasteiger partial charge in [0, 0.05) is 42.1 Å². The highest BCUT2D eigenvalue weighted by Gasteiger charge is 2.24. The van der Waals surface area contributed by atoms with Crippen LogP contribution in [0.4, 0.5) is 0 Å². The van der Waals surface area contributed by atoms with Crippen molar-refractivity contribution in [2.75, 3.05) is 13.1 Å². The fourth-order valence-electron chi connectivity index (χ4n) is 4.19. The molecule has 0 fully saturated rings. The molecular weight excluding hydrogens is 482 g/mol. The van der Waals surface area contributed by atoms with Crippen molar-refractivity contribution in [3.05, 3.63) is 101 Å². The summed E-state index contributed by atoms with van der Waals surface area (Å²) in [4.78, 5) is 30.3. The third-order valence-electron chi connectivity index (χ3n) is 6.44. The number of hydrogen-bond acceptors (Lipinski definition) is 2. The lowest BCUT2D eigenvalue weighted by molar-refractivity contribution is -0.140. The predicted octanol–water partition coefficient (Wildman–Crippen LogP) is 6.51. The van der Waals surface area contributed by atoms with Gasteiger partial charge < -0.3 is 14.4 Å². The van der Waals surface area contributed by atoms with Gasteiger partial charge in [-0.2, -0.15) is 0 Å². The fourth-order valence-corrected chi connectivity index (χ4v) is 4.39. The second kappa shape index (κ2) is 13.8. The average Bonchev–Trinajstić information content (AvgIpc) is 3.33. The van der Waals surface area contributed by atoms with E-state index in [2.05, 4.69) is 18.4 Å². The van der Waals surface area contributed by atoms with Crippen molar-refractivity contribution in [1.29, 1.82) is 0 Å². The number of carbonyl (C=O) groups is 2. The minimum atomic E-state index is -0.154. The van der Waals surface area contributed by atoms with Crippen molar-refractivity contribution in [2.45, 2.75) is 53.2 Å². The first-order valence-corrected chi connectivity index (χ1v) is 13.3. The van der Waals surface area contributed by atoms with Crippen molar-refractivity contribution in [3.8, 4) is 0 Å². The van der Waals surface area contributed by atoms with Crippen LogP contribution in [0.2, 0.25) is 5.02 Å². The van der Waals surface area contributed by atoms with Gasteiger partial charge in [0.15, 0.2) is 0 Å². The topological polar surface area (TPSA) is 45.6 Å². The van der Waals surface area contributed by atoms with E-state index in [1.165, 1.54) is 0 Å². The van der Waals surface area contributed by atoms with Gasteiger partial charge in [-0.3, -0.25) is 9.59 Å². The lowest BCUT2D eigenvalue weighted by Crippen LogP contribution is -2.46. The first-order chi connectivity index (χ1) is 17.8. The largest absolute Gasteiger partial charge is 0.345 e. The monoisotopic (exact) mass is 519 g/mol. The number of amides is 2. The molecule has 0 aliphatic heterocycles. The molecule has 0 saturated heterocycles. The molecule has 5 nitrogen and oxygen atoms in total. The van der Waals surface area contributed by atoms with Crippen molar-refractivity contribution in [3.63, 3.8) is 0 Å². The Balaban J connectivity index is 1.76. The maximum absolute atomic E-state index is 13.6. The molecule has 0 N–H and O–H groups in total. The van der Waals surface area contributed by atoms with Crippen LogP contribution in [0.1, 0.15) is 50.9 Å². The van der Waals surface area contributed by atoms with Gasteiger partial charge in [-0.1, -0.05) is 80.9 Å². The van der Waals surface area contributed by atoms with Crippen LogP contribution in [0.3, 0.4) is 0 Å². The average molecular weight is 520 g/mol. The number of carbonyl (C=O) groups excluding carboxylic acids is 2. The lowest BCUT2D eigenvalue weighted by atomic mass is 10.1. The van der Waals surface area contributed by atoms with Crippen LogP contribution in [0, 0.1) is 5.92 Å². The number of benzene rings is 2. The quantitative estimate of drug-likeness (QED) is 0.256. The number of halogens is 1. The Morgan fingerprint density at radius 1 is 0.973 bits per heavy atom. The van der Waals surface area contributed by atoms with Crippen LogP contribution in [-0.2, 0) is 22.7 Å². The predicted molar refractivity (Wildman–Crippen MR) is 152 cm³/mol. The molecule has 1 aromatic heterocycles. The summed E-state index contributed by atoms with van der Waals surface area (Å²) in [7, 11) is 0. The molecule has 196 valence electrons. The highest BCUT2D eigenvalue weighted by atomic mass is 35.5. The van der Waals surface area contributed by atoms with Gasteiger partial charge in [-0.05, 0) is 54.7 Å². The summed E-state index contributed by atoms with van der Waals surface area (Å²) >= 11 is 6.39. The standard InChI is InChI=1S/C31H38ClN3O2/c1-5-25(4)35(30(36)18-17-26-12-7-6-8-13-26)23-31(37)34(20-24(2)3)22-28-15-11-19-33(28)21-27-14-9-10-16-29(27)32/h6-19,24-25H,5,20-23H2,1-4H3. The summed E-state index contributed by atoms with van der Waals surface area (Å²) in [6, 6.07) is 21.5. The van der Waals surface area contributed by atoms with Gasteiger partial charge in [0.05, 0.1) is 6.54 Å². The van der Waals surface area contributed by atoms with E-state index in [0.717, 1.165) is 28.3 Å². The minimum absolute atomic E-state index is 0.0465. The Hall–Kier alpha value is -3.31. The molecule has 3 rings (SSSR count). The first-order valence-electron chi connectivity index (χ1n) is 13.0. The number of aromatic nitrogens is 1. The van der Waals surface area contributed by atoms with Crippen LogP contribution in [0.15, 0.2) is 79.0 Å². The van der Waals surface area contributed by atoms with Crippen molar-refractivity contribution >= 4 is 29.5 Å². The SMILES string of the molecule is CCC(C)N(CC(=O)N(Cc1cccn1Cc1ccccc1Cl)CC(C)C)C(=O)C=Cc1ccccc1. The molecule has 0 aliphatic rings. The normalized spacial score (nSPS) is 12.2. The van der Waals surface area contributed by atoms with Crippen LogP contribution in [0.5, 0.6) is 0 Å². The molecule has 0 saturated carbocycles. The third-order valence-corrected chi connectivity index (χ3v) is 6.81. The van der Waals surface area contributed by atoms with E-state index in [9.17, 15) is 9.59 Å². The number of hydrogen-bond donors (Lipinski definition) is 0. The molecule has 2 amide bonds. The highest BCUT2D eigenvalue weighted by Crippen LogP contribution is 2.19. The van der Waals surface area contributed by atoms with E-state index in [0.29, 0.717) is 25.6 Å². The van der Waals surface area contributed by atoms with Gasteiger partial charge in [0.1, 0.15) is 6.54 Å². The minimum Gasteiger partial charge on any atom is -0.345 e. The number of rotatable bonds is 12. The van der Waals surface area contributed by atoms with Crippen molar-refractivity contribution in [2.24, 2.45) is 5.92 Å². The molecule has 1 heterocycles. The van der Waals surface area contributed by atoms with Crippen molar-refractivity contribution in [1.82, 2.24) is 14.4 Å². The molecule has 0 aliphatic carbocycles. The Morgan fingerprint density at radius 3 is 2.35 bits per heavy atom. The van der Waals surface area contributed by atoms with Crippen LogP contribution >= 0.6 is 11.6 Å². The third kappa shape index (κ3) is 8.36. The second-order valence-corrected chi connectivity index (χ2v) is 10.3. The highest BCUT2D eigenvalue weighted by molar-refractivity contribution is 6.31. The Labute approximate surface area is 226 Å². The first kappa shape index (κ1) is 28.3. The van der Waals surface area contributed by atoms with E-state index < -0.39 is 0 Å². The van der Waals surface area contributed by atoms with E-state index in [-0.39, 0.29) is 24.4 Å². The molecule has 1 unspecified atom stereocenters. The maximum Gasteiger partial charge on any atom is 0.247 e. The van der Waals surface area contributed by atoms with Crippen LogP contribution in [0.25, 0.3) is 6.08 Å². The van der Waals surface area contributed by atoms with Crippen molar-refractivity contribution < 1.29 is 9.59 Å². The zero-order valence-electron chi connectivity index (χ0n) is 22.3. The van der Waals surface area contributed by atoms with E-state index in [1.807, 2.05) is 91.7 Å². The molecule has 6 heteroatoms. The number of nitrogens with zero attached hydrogens (tertiary/aromatic N) is 3. The second-order valence-electron chi connectivity index (χ2n) is 9.85. The molecule has 2 aromatic carbocycles. The van der Waals surface area contributed by atoms with Crippen LogP contribution < -0.4 is 0 Å². The summed E-state index contributed by atoms with van der Waals surface area (Å²) in [5, 5.41) is 0.725. The molecule has 37 heavy (non-hydrogen) atoms. The summed E-state index contributed by atoms with van der Waals surface area (Å²) in [5.74, 6) is 0.0840. The summed E-state index contributed by atoms with van der Waals surface area (Å²) in [6.45, 7) is 9.98. The smallest absolute Gasteiger partial charge is 0.247 e. The zero-order valence-corrected chi connectivity index (χ0v) is 23.1. The van der Waals surface area contributed by atoms with E-state index >= 15 is 0 Å². The van der Waals surface area contributed by atoms with Gasteiger partial charge in [-0.25, -0.2) is 0 Å². The Kier molecular flexibility index (Phi) is 10.6. The fraction of sp³-hybridized carbons (Fsp3) is 0.355. The zero-order chi connectivity index (χ0) is 26.8. The summed E-state index contributed by atoms with van der Waals surface area (Å²) < 4.78 is 2.13.